The van der Waals surface area contributed by atoms with Crippen LogP contribution in [0, 0.1) is 3.57 Å². The van der Waals surface area contributed by atoms with Gasteiger partial charge in [0.2, 0.25) is 0 Å². The van der Waals surface area contributed by atoms with Crippen molar-refractivity contribution in [2.24, 2.45) is 0 Å². The molecule has 0 unspecified atom stereocenters. The molecule has 6 heteroatoms. The van der Waals surface area contributed by atoms with Crippen molar-refractivity contribution in [1.82, 2.24) is 0 Å². The van der Waals surface area contributed by atoms with Crippen LogP contribution in [0.15, 0.2) is 30.3 Å². The van der Waals surface area contributed by atoms with Gasteiger partial charge in [-0.3, -0.25) is 4.79 Å². The van der Waals surface area contributed by atoms with Gasteiger partial charge >= 0.3 is 0 Å². The second-order valence-electron chi connectivity index (χ2n) is 5.15. The molecule has 124 valence electrons. The van der Waals surface area contributed by atoms with Gasteiger partial charge in [-0.2, -0.15) is 0 Å². The number of carbonyl (C=O) groups excluding carboxylic acids is 1. The maximum absolute atomic E-state index is 12.4. The normalized spacial score (nSPS) is 14.3. The molecule has 1 heterocycles. The summed E-state index contributed by atoms with van der Waals surface area (Å²) in [7, 11) is 4.72. The summed E-state index contributed by atoms with van der Waals surface area (Å²) in [6.07, 6.45) is 1.79. The second-order valence-corrected chi connectivity index (χ2v) is 6.39. The van der Waals surface area contributed by atoms with Crippen molar-refractivity contribution < 1.29 is 19.0 Å². The van der Waals surface area contributed by atoms with E-state index < -0.39 is 0 Å². The van der Waals surface area contributed by atoms with Crippen molar-refractivity contribution in [3.05, 3.63) is 45.0 Å². The van der Waals surface area contributed by atoms with Crippen molar-refractivity contribution in [3.8, 4) is 17.2 Å². The molecule has 0 spiro atoms. The largest absolute Gasteiger partial charge is 0.496 e. The zero-order valence-electron chi connectivity index (χ0n) is 13.5. The SMILES string of the molecule is COc1cc(OC)c(/C=C2\C(=O)Nc3ccc(I)cc32)c(OC)c1. The van der Waals surface area contributed by atoms with Crippen LogP contribution in [0.2, 0.25) is 0 Å². The summed E-state index contributed by atoms with van der Waals surface area (Å²) < 4.78 is 17.2. The number of hydrogen-bond acceptors (Lipinski definition) is 4. The number of rotatable bonds is 4. The summed E-state index contributed by atoms with van der Waals surface area (Å²) in [5, 5.41) is 2.88. The predicted molar refractivity (Wildman–Crippen MR) is 102 cm³/mol. The summed E-state index contributed by atoms with van der Waals surface area (Å²) >= 11 is 2.23. The van der Waals surface area contributed by atoms with Gasteiger partial charge in [0.05, 0.1) is 26.9 Å². The fourth-order valence-electron chi connectivity index (χ4n) is 2.62. The standard InChI is InChI=1S/C18H16INO4/c1-22-11-7-16(23-2)14(17(8-11)24-3)9-13-12-6-10(19)4-5-15(12)20-18(13)21/h4-9H,1-3H3,(H,20,21)/b13-9-. The molecule has 0 fully saturated rings. The van der Waals surface area contributed by atoms with Crippen LogP contribution in [0.1, 0.15) is 11.1 Å². The van der Waals surface area contributed by atoms with Crippen LogP contribution in [0.4, 0.5) is 5.69 Å². The highest BCUT2D eigenvalue weighted by molar-refractivity contribution is 14.1. The summed E-state index contributed by atoms with van der Waals surface area (Å²) in [5.41, 5.74) is 2.94. The van der Waals surface area contributed by atoms with Gasteiger partial charge < -0.3 is 19.5 Å². The van der Waals surface area contributed by atoms with E-state index in [0.717, 1.165) is 14.8 Å². The molecular formula is C18H16INO4. The van der Waals surface area contributed by atoms with E-state index in [1.165, 1.54) is 0 Å². The third-order valence-corrected chi connectivity index (χ3v) is 4.48. The molecule has 2 aromatic carbocycles. The molecule has 24 heavy (non-hydrogen) atoms. The number of carbonyl (C=O) groups is 1. The lowest BCUT2D eigenvalue weighted by molar-refractivity contribution is -0.110. The average molecular weight is 437 g/mol. The lowest BCUT2D eigenvalue weighted by atomic mass is 10.0. The summed E-state index contributed by atoms with van der Waals surface area (Å²) in [4.78, 5) is 12.4. The first-order valence-corrected chi connectivity index (χ1v) is 8.28. The smallest absolute Gasteiger partial charge is 0.256 e. The first-order chi connectivity index (χ1) is 11.6. The zero-order chi connectivity index (χ0) is 17.3. The Hall–Kier alpha value is -2.22. The Kier molecular flexibility index (Phi) is 4.66. The van der Waals surface area contributed by atoms with Crippen LogP contribution < -0.4 is 19.5 Å². The van der Waals surface area contributed by atoms with Crippen molar-refractivity contribution in [1.29, 1.82) is 0 Å². The molecule has 0 saturated heterocycles. The Balaban J connectivity index is 2.19. The van der Waals surface area contributed by atoms with Gasteiger partial charge in [-0.05, 0) is 46.9 Å². The monoisotopic (exact) mass is 437 g/mol. The maximum atomic E-state index is 12.4. The molecule has 3 rings (SSSR count). The molecule has 0 bridgehead atoms. The second kappa shape index (κ2) is 6.72. The van der Waals surface area contributed by atoms with Gasteiger partial charge in [-0.25, -0.2) is 0 Å². The Labute approximate surface area is 153 Å². The predicted octanol–water partition coefficient (Wildman–Crippen LogP) is 3.81. The Bertz CT molecular complexity index is 820. The number of anilines is 1. The first kappa shape index (κ1) is 16.6. The van der Waals surface area contributed by atoms with E-state index in [1.807, 2.05) is 18.2 Å². The van der Waals surface area contributed by atoms with Crippen LogP contribution in [0.25, 0.3) is 11.6 Å². The Morgan fingerprint density at radius 3 is 2.25 bits per heavy atom. The van der Waals surface area contributed by atoms with Crippen LogP contribution in [0.5, 0.6) is 17.2 Å². The fraction of sp³-hybridized carbons (Fsp3) is 0.167. The van der Waals surface area contributed by atoms with Gasteiger partial charge in [0, 0.05) is 32.5 Å². The molecule has 2 aromatic rings. The Morgan fingerprint density at radius 1 is 1.00 bits per heavy atom. The number of nitrogens with one attached hydrogen (secondary N) is 1. The van der Waals surface area contributed by atoms with E-state index in [9.17, 15) is 4.79 Å². The third-order valence-electron chi connectivity index (χ3n) is 3.81. The molecule has 5 nitrogen and oxygen atoms in total. The number of amides is 1. The van der Waals surface area contributed by atoms with Gasteiger partial charge in [-0.15, -0.1) is 0 Å². The highest BCUT2D eigenvalue weighted by Crippen LogP contribution is 2.40. The lowest BCUT2D eigenvalue weighted by Crippen LogP contribution is -2.04. The van der Waals surface area contributed by atoms with Crippen LogP contribution in [0.3, 0.4) is 0 Å². The summed E-state index contributed by atoms with van der Waals surface area (Å²) in [6.45, 7) is 0. The number of fused-ring (bicyclic) bond motifs is 1. The molecule has 0 aliphatic carbocycles. The first-order valence-electron chi connectivity index (χ1n) is 7.20. The molecule has 1 N–H and O–H groups in total. The van der Waals surface area contributed by atoms with Gasteiger partial charge in [0.15, 0.2) is 0 Å². The fourth-order valence-corrected chi connectivity index (χ4v) is 3.11. The molecule has 1 amide bonds. The molecule has 0 saturated carbocycles. The van der Waals surface area contributed by atoms with E-state index in [4.69, 9.17) is 14.2 Å². The van der Waals surface area contributed by atoms with E-state index in [0.29, 0.717) is 28.4 Å². The number of hydrogen-bond donors (Lipinski definition) is 1. The highest BCUT2D eigenvalue weighted by atomic mass is 127. The van der Waals surface area contributed by atoms with E-state index in [2.05, 4.69) is 27.9 Å². The maximum Gasteiger partial charge on any atom is 0.256 e. The van der Waals surface area contributed by atoms with Crippen molar-refractivity contribution >= 4 is 45.8 Å². The van der Waals surface area contributed by atoms with Crippen LogP contribution in [-0.2, 0) is 4.79 Å². The molecule has 1 aliphatic rings. The van der Waals surface area contributed by atoms with Gasteiger partial charge in [0.25, 0.3) is 5.91 Å². The minimum absolute atomic E-state index is 0.146. The van der Waals surface area contributed by atoms with Crippen LogP contribution in [-0.4, -0.2) is 27.2 Å². The molecular weight excluding hydrogens is 421 g/mol. The van der Waals surface area contributed by atoms with E-state index in [-0.39, 0.29) is 5.91 Å². The van der Waals surface area contributed by atoms with Crippen LogP contribution >= 0.6 is 22.6 Å². The number of benzene rings is 2. The summed E-state index contributed by atoms with van der Waals surface area (Å²) in [5.74, 6) is 1.62. The number of methoxy groups -OCH3 is 3. The van der Waals surface area contributed by atoms with Gasteiger partial charge in [0.1, 0.15) is 17.2 Å². The van der Waals surface area contributed by atoms with Gasteiger partial charge in [-0.1, -0.05) is 0 Å². The molecule has 0 radical (unpaired) electrons. The van der Waals surface area contributed by atoms with E-state index in [1.54, 1.807) is 39.5 Å². The van der Waals surface area contributed by atoms with Crippen molar-refractivity contribution in [2.75, 3.05) is 26.6 Å². The highest BCUT2D eigenvalue weighted by Gasteiger charge is 2.25. The lowest BCUT2D eigenvalue weighted by Gasteiger charge is -2.13. The summed E-state index contributed by atoms with van der Waals surface area (Å²) in [6, 6.07) is 9.35. The molecule has 1 aliphatic heterocycles. The quantitative estimate of drug-likeness (QED) is 0.584. The van der Waals surface area contributed by atoms with Crippen molar-refractivity contribution in [2.45, 2.75) is 0 Å². The topological polar surface area (TPSA) is 56.8 Å². The number of halogens is 1. The molecule has 0 atom stereocenters. The zero-order valence-corrected chi connectivity index (χ0v) is 15.6. The van der Waals surface area contributed by atoms with Crippen molar-refractivity contribution in [3.63, 3.8) is 0 Å². The Morgan fingerprint density at radius 2 is 1.67 bits per heavy atom. The minimum atomic E-state index is -0.146. The van der Waals surface area contributed by atoms with E-state index >= 15 is 0 Å². The average Bonchev–Trinajstić information content (AvgIpc) is 2.90. The third kappa shape index (κ3) is 2.93. The number of ether oxygens (including phenoxy) is 3. The minimum Gasteiger partial charge on any atom is -0.496 e. The molecule has 0 aromatic heterocycles.